The van der Waals surface area contributed by atoms with Gasteiger partial charge in [0.15, 0.2) is 11.6 Å². The average Bonchev–Trinajstić information content (AvgIpc) is 2.48. The Morgan fingerprint density at radius 3 is 2.73 bits per heavy atom. The first-order valence-electron chi connectivity index (χ1n) is 7.33. The molecule has 22 heavy (non-hydrogen) atoms. The highest BCUT2D eigenvalue weighted by molar-refractivity contribution is 5.77. The number of halogens is 2. The first kappa shape index (κ1) is 16.4. The zero-order valence-corrected chi connectivity index (χ0v) is 12.4. The number of carboxylic acids is 1. The molecule has 1 N–H and O–H groups in total. The van der Waals surface area contributed by atoms with Gasteiger partial charge >= 0.3 is 5.97 Å². The minimum Gasteiger partial charge on any atom is -0.481 e. The fourth-order valence-electron chi connectivity index (χ4n) is 2.88. The number of carbonyl (C=O) groups excluding carboxylic acids is 1. The van der Waals surface area contributed by atoms with Crippen molar-refractivity contribution in [3.05, 3.63) is 35.4 Å². The highest BCUT2D eigenvalue weighted by Gasteiger charge is 2.32. The van der Waals surface area contributed by atoms with Gasteiger partial charge in [-0.05, 0) is 30.4 Å². The summed E-state index contributed by atoms with van der Waals surface area (Å²) in [5.74, 6) is -3.35. The van der Waals surface area contributed by atoms with E-state index in [1.807, 2.05) is 6.92 Å². The summed E-state index contributed by atoms with van der Waals surface area (Å²) in [5.41, 5.74) is 0.182. The minimum absolute atomic E-state index is 0.0881. The van der Waals surface area contributed by atoms with Crippen LogP contribution < -0.4 is 0 Å². The van der Waals surface area contributed by atoms with Crippen LogP contribution in [0.25, 0.3) is 0 Å². The van der Waals surface area contributed by atoms with E-state index in [0.29, 0.717) is 19.5 Å². The van der Waals surface area contributed by atoms with E-state index in [0.717, 1.165) is 6.07 Å². The Morgan fingerprint density at radius 2 is 2.09 bits per heavy atom. The van der Waals surface area contributed by atoms with Gasteiger partial charge in [0.1, 0.15) is 0 Å². The minimum atomic E-state index is -0.916. The molecule has 120 valence electrons. The van der Waals surface area contributed by atoms with Crippen molar-refractivity contribution >= 4 is 11.9 Å². The van der Waals surface area contributed by atoms with Gasteiger partial charge in [0, 0.05) is 19.5 Å². The predicted molar refractivity (Wildman–Crippen MR) is 76.2 cm³/mol. The van der Waals surface area contributed by atoms with Crippen molar-refractivity contribution in [3.63, 3.8) is 0 Å². The Morgan fingerprint density at radius 1 is 1.36 bits per heavy atom. The molecule has 1 fully saturated rings. The smallest absolute Gasteiger partial charge is 0.306 e. The van der Waals surface area contributed by atoms with Gasteiger partial charge < -0.3 is 10.0 Å². The summed E-state index contributed by atoms with van der Waals surface area (Å²) in [6, 6.07) is 3.92. The molecule has 0 aliphatic carbocycles. The van der Waals surface area contributed by atoms with Crippen LogP contribution in [0.15, 0.2) is 18.2 Å². The number of aliphatic carboxylic acids is 1. The van der Waals surface area contributed by atoms with Crippen LogP contribution in [0, 0.1) is 23.5 Å². The molecule has 1 heterocycles. The molecule has 0 radical (unpaired) electrons. The van der Waals surface area contributed by atoms with E-state index in [9.17, 15) is 18.4 Å². The van der Waals surface area contributed by atoms with Gasteiger partial charge in [-0.15, -0.1) is 0 Å². The molecule has 2 rings (SSSR count). The second kappa shape index (κ2) is 6.85. The van der Waals surface area contributed by atoms with Crippen LogP contribution >= 0.6 is 0 Å². The molecule has 4 nitrogen and oxygen atoms in total. The molecule has 0 aromatic heterocycles. The summed E-state index contributed by atoms with van der Waals surface area (Å²) in [7, 11) is 0. The third-order valence-corrected chi connectivity index (χ3v) is 4.21. The zero-order valence-electron chi connectivity index (χ0n) is 12.4. The quantitative estimate of drug-likeness (QED) is 0.929. The van der Waals surface area contributed by atoms with E-state index >= 15 is 0 Å². The maximum absolute atomic E-state index is 13.5. The van der Waals surface area contributed by atoms with Crippen molar-refractivity contribution in [3.8, 4) is 0 Å². The third kappa shape index (κ3) is 3.61. The number of hydrogen-bond donors (Lipinski definition) is 1. The topological polar surface area (TPSA) is 57.6 Å². The van der Waals surface area contributed by atoms with Crippen LogP contribution in [0.2, 0.25) is 0 Å². The molecule has 1 aliphatic rings. The number of amides is 1. The molecular weight excluding hydrogens is 292 g/mol. The maximum atomic E-state index is 13.5. The number of rotatable bonds is 4. The Labute approximate surface area is 127 Å². The van der Waals surface area contributed by atoms with Crippen molar-refractivity contribution < 1.29 is 23.5 Å². The van der Waals surface area contributed by atoms with E-state index in [2.05, 4.69) is 0 Å². The first-order valence-corrected chi connectivity index (χ1v) is 7.33. The zero-order chi connectivity index (χ0) is 16.3. The Kier molecular flexibility index (Phi) is 5.11. The lowest BCUT2D eigenvalue weighted by Crippen LogP contribution is -2.45. The van der Waals surface area contributed by atoms with Gasteiger partial charge in [0.2, 0.25) is 5.91 Å². The number of aryl methyl sites for hydroxylation is 1. The lowest BCUT2D eigenvalue weighted by Gasteiger charge is -2.35. The van der Waals surface area contributed by atoms with E-state index in [4.69, 9.17) is 5.11 Å². The van der Waals surface area contributed by atoms with E-state index in [-0.39, 0.29) is 30.2 Å². The van der Waals surface area contributed by atoms with Gasteiger partial charge in [0.05, 0.1) is 5.92 Å². The predicted octanol–water partition coefficient (Wildman–Crippen LogP) is 2.47. The Balaban J connectivity index is 1.91. The Hall–Kier alpha value is -1.98. The van der Waals surface area contributed by atoms with E-state index in [1.165, 1.54) is 12.1 Å². The molecular formula is C16H19F2NO3. The number of hydrogen-bond acceptors (Lipinski definition) is 2. The number of likely N-dealkylation sites (tertiary alicyclic amines) is 1. The van der Waals surface area contributed by atoms with Gasteiger partial charge in [-0.3, -0.25) is 9.59 Å². The largest absolute Gasteiger partial charge is 0.481 e. The van der Waals surface area contributed by atoms with Gasteiger partial charge in [-0.1, -0.05) is 19.1 Å². The molecule has 2 atom stereocenters. The maximum Gasteiger partial charge on any atom is 0.306 e. The van der Waals surface area contributed by atoms with Crippen molar-refractivity contribution in [2.75, 3.05) is 13.1 Å². The summed E-state index contributed by atoms with van der Waals surface area (Å²) in [6.45, 7) is 2.59. The number of nitrogens with zero attached hydrogens (tertiary/aromatic N) is 1. The summed E-state index contributed by atoms with van der Waals surface area (Å²) >= 11 is 0. The average molecular weight is 311 g/mol. The van der Waals surface area contributed by atoms with Crippen molar-refractivity contribution in [2.24, 2.45) is 11.8 Å². The number of benzene rings is 1. The Bertz CT molecular complexity index is 577. The fraction of sp³-hybridized carbons (Fsp3) is 0.500. The first-order chi connectivity index (χ1) is 10.4. The van der Waals surface area contributed by atoms with E-state index < -0.39 is 23.5 Å². The van der Waals surface area contributed by atoms with Gasteiger partial charge in [-0.25, -0.2) is 8.78 Å². The number of piperidine rings is 1. The second-order valence-electron chi connectivity index (χ2n) is 5.76. The summed E-state index contributed by atoms with van der Waals surface area (Å²) in [5, 5.41) is 9.06. The van der Waals surface area contributed by atoms with Crippen LogP contribution in [-0.2, 0) is 16.0 Å². The highest BCUT2D eigenvalue weighted by Crippen LogP contribution is 2.24. The fourth-order valence-corrected chi connectivity index (χ4v) is 2.88. The van der Waals surface area contributed by atoms with Crippen molar-refractivity contribution in [1.29, 1.82) is 0 Å². The molecule has 2 unspecified atom stereocenters. The normalized spacial score (nSPS) is 21.7. The molecule has 1 aliphatic heterocycles. The summed E-state index contributed by atoms with van der Waals surface area (Å²) in [4.78, 5) is 24.8. The summed E-state index contributed by atoms with van der Waals surface area (Å²) < 4.78 is 26.6. The molecule has 0 saturated carbocycles. The number of carbonyl (C=O) groups is 2. The van der Waals surface area contributed by atoms with Crippen molar-refractivity contribution in [1.82, 2.24) is 4.90 Å². The number of carboxylic acid groups (broad SMARTS) is 1. The highest BCUT2D eigenvalue weighted by atomic mass is 19.2. The third-order valence-electron chi connectivity index (χ3n) is 4.21. The molecule has 0 spiro atoms. The standard InChI is InChI=1S/C16H19F2NO3/c1-10-9-19(8-7-12(10)16(21)22)14(20)6-5-11-3-2-4-13(17)15(11)18/h2-4,10,12H,5-9H2,1H3,(H,21,22). The molecule has 1 saturated heterocycles. The van der Waals surface area contributed by atoms with Crippen LogP contribution in [0.5, 0.6) is 0 Å². The van der Waals surface area contributed by atoms with Crippen LogP contribution in [0.4, 0.5) is 8.78 Å². The molecule has 1 amide bonds. The van der Waals surface area contributed by atoms with Crippen LogP contribution in [0.3, 0.4) is 0 Å². The summed E-state index contributed by atoms with van der Waals surface area (Å²) in [6.07, 6.45) is 0.650. The van der Waals surface area contributed by atoms with E-state index in [1.54, 1.807) is 4.90 Å². The van der Waals surface area contributed by atoms with Crippen molar-refractivity contribution in [2.45, 2.75) is 26.2 Å². The monoisotopic (exact) mass is 311 g/mol. The lowest BCUT2D eigenvalue weighted by molar-refractivity contribution is -0.148. The molecule has 1 aromatic rings. The van der Waals surface area contributed by atoms with Gasteiger partial charge in [-0.2, -0.15) is 0 Å². The lowest BCUT2D eigenvalue weighted by atomic mass is 9.87. The second-order valence-corrected chi connectivity index (χ2v) is 5.76. The molecule has 6 heteroatoms. The van der Waals surface area contributed by atoms with Crippen LogP contribution in [0.1, 0.15) is 25.3 Å². The van der Waals surface area contributed by atoms with Gasteiger partial charge in [0.25, 0.3) is 0 Å². The van der Waals surface area contributed by atoms with Crippen LogP contribution in [-0.4, -0.2) is 35.0 Å². The molecule has 0 bridgehead atoms. The molecule has 1 aromatic carbocycles. The SMILES string of the molecule is CC1CN(C(=O)CCc2cccc(F)c2F)CCC1C(=O)O.